The molecule has 1 aromatic heterocycles. The van der Waals surface area contributed by atoms with Crippen LogP contribution in [0.5, 0.6) is 0 Å². The first-order valence-corrected chi connectivity index (χ1v) is 4.38. The minimum Gasteiger partial charge on any atom is -0.391 e. The van der Waals surface area contributed by atoms with Crippen molar-refractivity contribution in [2.24, 2.45) is 0 Å². The predicted octanol–water partition coefficient (Wildman–Crippen LogP) is 0.797. The lowest BCUT2D eigenvalue weighted by Gasteiger charge is -2.00. The monoisotopic (exact) mass is 208 g/mol. The average molecular weight is 208 g/mol. The molecule has 0 unspecified atom stereocenters. The van der Waals surface area contributed by atoms with Gasteiger partial charge in [0.25, 0.3) is 5.56 Å². The molecular formula is C10H9FN2O2. The number of aromatic nitrogens is 2. The Bertz CT molecular complexity index is 530. The Hall–Kier alpha value is -1.88. The molecular weight excluding hydrogens is 199 g/mol. The second-order valence-electron chi connectivity index (χ2n) is 3.08. The third kappa shape index (κ3) is 1.69. The van der Waals surface area contributed by atoms with Gasteiger partial charge >= 0.3 is 0 Å². The topological polar surface area (TPSA) is 58.0 Å². The number of nitrogens with one attached hydrogen (secondary N) is 1. The highest BCUT2D eigenvalue weighted by Gasteiger charge is 2.06. The van der Waals surface area contributed by atoms with E-state index in [2.05, 4.69) is 5.10 Å². The van der Waals surface area contributed by atoms with Crippen molar-refractivity contribution in [3.8, 4) is 5.69 Å². The molecule has 0 spiro atoms. The molecule has 0 saturated heterocycles. The highest BCUT2D eigenvalue weighted by atomic mass is 19.1. The number of rotatable bonds is 2. The second kappa shape index (κ2) is 3.70. The Labute approximate surface area is 84.6 Å². The fourth-order valence-corrected chi connectivity index (χ4v) is 1.33. The number of hydrogen-bond donors (Lipinski definition) is 2. The molecule has 1 aromatic carbocycles. The van der Waals surface area contributed by atoms with Gasteiger partial charge < -0.3 is 5.11 Å². The Morgan fingerprint density at radius 3 is 2.87 bits per heavy atom. The fraction of sp³-hybridized carbons (Fsp3) is 0.100. The molecule has 0 bridgehead atoms. The molecule has 2 rings (SSSR count). The third-order valence-electron chi connectivity index (χ3n) is 2.08. The largest absolute Gasteiger partial charge is 0.391 e. The maximum atomic E-state index is 12.9. The Kier molecular flexibility index (Phi) is 2.39. The average Bonchev–Trinajstić information content (AvgIpc) is 2.59. The number of H-pyrrole nitrogens is 1. The first kappa shape index (κ1) is 9.67. The van der Waals surface area contributed by atoms with Gasteiger partial charge in [0.1, 0.15) is 5.82 Å². The summed E-state index contributed by atoms with van der Waals surface area (Å²) < 4.78 is 14.1. The van der Waals surface area contributed by atoms with Gasteiger partial charge in [0.15, 0.2) is 0 Å². The van der Waals surface area contributed by atoms with Crippen LogP contribution < -0.4 is 5.56 Å². The zero-order valence-electron chi connectivity index (χ0n) is 7.77. The van der Waals surface area contributed by atoms with Crippen molar-refractivity contribution in [2.45, 2.75) is 6.61 Å². The zero-order valence-corrected chi connectivity index (χ0v) is 7.77. The molecule has 0 radical (unpaired) electrons. The molecule has 0 atom stereocenters. The van der Waals surface area contributed by atoms with Crippen LogP contribution in [0.2, 0.25) is 0 Å². The number of nitrogens with zero attached hydrogens (tertiary/aromatic N) is 1. The normalized spacial score (nSPS) is 10.5. The van der Waals surface area contributed by atoms with Gasteiger partial charge in [-0.1, -0.05) is 6.07 Å². The van der Waals surface area contributed by atoms with Gasteiger partial charge in [-0.2, -0.15) is 0 Å². The summed E-state index contributed by atoms with van der Waals surface area (Å²) in [4.78, 5) is 11.6. The number of benzene rings is 1. The maximum absolute atomic E-state index is 12.9. The van der Waals surface area contributed by atoms with E-state index in [0.29, 0.717) is 5.69 Å². The highest BCUT2D eigenvalue weighted by molar-refractivity contribution is 5.31. The van der Waals surface area contributed by atoms with Crippen LogP contribution in [0, 0.1) is 5.82 Å². The lowest BCUT2D eigenvalue weighted by atomic mass is 10.3. The summed E-state index contributed by atoms with van der Waals surface area (Å²) in [6.07, 6.45) is 1.40. The van der Waals surface area contributed by atoms with E-state index >= 15 is 0 Å². The van der Waals surface area contributed by atoms with E-state index in [-0.39, 0.29) is 17.7 Å². The summed E-state index contributed by atoms with van der Waals surface area (Å²) >= 11 is 0. The van der Waals surface area contributed by atoms with Crippen molar-refractivity contribution >= 4 is 0 Å². The number of aliphatic hydroxyl groups excluding tert-OH is 1. The van der Waals surface area contributed by atoms with E-state index in [9.17, 15) is 9.18 Å². The summed E-state index contributed by atoms with van der Waals surface area (Å²) in [5, 5.41) is 11.5. The second-order valence-corrected chi connectivity index (χ2v) is 3.08. The van der Waals surface area contributed by atoms with Crippen LogP contribution in [0.4, 0.5) is 4.39 Å². The van der Waals surface area contributed by atoms with Crippen molar-refractivity contribution in [1.82, 2.24) is 9.78 Å². The minimum absolute atomic E-state index is 0.249. The van der Waals surface area contributed by atoms with E-state index in [0.717, 1.165) is 0 Å². The Balaban J connectivity index is 2.55. The summed E-state index contributed by atoms with van der Waals surface area (Å²) in [5.41, 5.74) is 0.280. The Morgan fingerprint density at radius 2 is 2.27 bits per heavy atom. The van der Waals surface area contributed by atoms with Gasteiger partial charge in [0.2, 0.25) is 0 Å². The van der Waals surface area contributed by atoms with Gasteiger partial charge in [-0.25, -0.2) is 9.07 Å². The minimum atomic E-state index is -0.417. The molecule has 0 amide bonds. The third-order valence-corrected chi connectivity index (χ3v) is 2.08. The van der Waals surface area contributed by atoms with E-state index in [1.165, 1.54) is 29.1 Å². The molecule has 1 heterocycles. The predicted molar refractivity (Wildman–Crippen MR) is 52.3 cm³/mol. The molecule has 0 saturated carbocycles. The number of aromatic amines is 1. The molecule has 2 aromatic rings. The molecule has 4 nitrogen and oxygen atoms in total. The molecule has 0 aliphatic carbocycles. The SMILES string of the molecule is O=c1c(CO)c[nH]n1-c1cccc(F)c1. The van der Waals surface area contributed by atoms with Crippen molar-refractivity contribution in [3.63, 3.8) is 0 Å². The van der Waals surface area contributed by atoms with E-state index < -0.39 is 5.82 Å². The van der Waals surface area contributed by atoms with Crippen LogP contribution in [0.3, 0.4) is 0 Å². The quantitative estimate of drug-likeness (QED) is 0.766. The molecule has 0 aliphatic rings. The first-order chi connectivity index (χ1) is 7.22. The summed E-state index contributed by atoms with van der Waals surface area (Å²) in [6, 6.07) is 5.64. The summed E-state index contributed by atoms with van der Waals surface area (Å²) in [7, 11) is 0. The lowest BCUT2D eigenvalue weighted by molar-refractivity contribution is 0.280. The standard InChI is InChI=1S/C10H9FN2O2/c11-8-2-1-3-9(4-8)13-10(15)7(6-14)5-12-13/h1-5,12,14H,6H2. The summed E-state index contributed by atoms with van der Waals surface area (Å²) in [6.45, 7) is -0.336. The van der Waals surface area contributed by atoms with Crippen LogP contribution in [0.1, 0.15) is 5.56 Å². The van der Waals surface area contributed by atoms with Crippen LogP contribution in [0.15, 0.2) is 35.3 Å². The van der Waals surface area contributed by atoms with Gasteiger partial charge in [0, 0.05) is 6.20 Å². The van der Waals surface area contributed by atoms with Crippen molar-refractivity contribution in [1.29, 1.82) is 0 Å². The van der Waals surface area contributed by atoms with Gasteiger partial charge in [-0.15, -0.1) is 0 Å². The molecule has 78 valence electrons. The van der Waals surface area contributed by atoms with Crippen LogP contribution in [-0.4, -0.2) is 14.9 Å². The molecule has 2 N–H and O–H groups in total. The van der Waals surface area contributed by atoms with Crippen LogP contribution >= 0.6 is 0 Å². The highest BCUT2D eigenvalue weighted by Crippen LogP contribution is 2.06. The van der Waals surface area contributed by atoms with Crippen molar-refractivity contribution in [2.75, 3.05) is 0 Å². The first-order valence-electron chi connectivity index (χ1n) is 4.38. The fourth-order valence-electron chi connectivity index (χ4n) is 1.33. The smallest absolute Gasteiger partial charge is 0.276 e. The number of hydrogen-bond acceptors (Lipinski definition) is 2. The zero-order chi connectivity index (χ0) is 10.8. The maximum Gasteiger partial charge on any atom is 0.276 e. The van der Waals surface area contributed by atoms with Gasteiger partial charge in [0.05, 0.1) is 17.9 Å². The van der Waals surface area contributed by atoms with Crippen LogP contribution in [-0.2, 0) is 6.61 Å². The number of aliphatic hydroxyl groups is 1. The summed E-state index contributed by atoms with van der Waals surface area (Å²) in [5.74, 6) is -0.417. The number of halogens is 1. The van der Waals surface area contributed by atoms with Gasteiger partial charge in [-0.05, 0) is 18.2 Å². The van der Waals surface area contributed by atoms with E-state index in [1.54, 1.807) is 6.07 Å². The van der Waals surface area contributed by atoms with E-state index in [4.69, 9.17) is 5.11 Å². The van der Waals surface area contributed by atoms with Gasteiger partial charge in [-0.3, -0.25) is 9.89 Å². The lowest BCUT2D eigenvalue weighted by Crippen LogP contribution is -2.17. The van der Waals surface area contributed by atoms with Crippen molar-refractivity contribution in [3.05, 3.63) is 52.2 Å². The van der Waals surface area contributed by atoms with Crippen molar-refractivity contribution < 1.29 is 9.50 Å². The Morgan fingerprint density at radius 1 is 1.47 bits per heavy atom. The molecule has 5 heteroatoms. The van der Waals surface area contributed by atoms with Crippen LogP contribution in [0.25, 0.3) is 5.69 Å². The molecule has 0 fully saturated rings. The van der Waals surface area contributed by atoms with E-state index in [1.807, 2.05) is 0 Å². The molecule has 15 heavy (non-hydrogen) atoms. The molecule has 0 aliphatic heterocycles.